The predicted octanol–water partition coefficient (Wildman–Crippen LogP) is 2.53. The van der Waals surface area contributed by atoms with E-state index in [0.717, 1.165) is 16.3 Å². The van der Waals surface area contributed by atoms with Crippen LogP contribution in [0.1, 0.15) is 5.56 Å². The summed E-state index contributed by atoms with van der Waals surface area (Å²) >= 11 is 5.90. The summed E-state index contributed by atoms with van der Waals surface area (Å²) in [6.07, 6.45) is 0. The van der Waals surface area contributed by atoms with E-state index in [9.17, 15) is 0 Å². The highest BCUT2D eigenvalue weighted by atomic mass is 35.5. The highest BCUT2D eigenvalue weighted by Gasteiger charge is 1.99. The second-order valence-electron chi connectivity index (χ2n) is 2.21. The quantitative estimate of drug-likeness (QED) is 0.714. The Hall–Kier alpha value is -0.950. The third-order valence-electron chi connectivity index (χ3n) is 1.50. The molecule has 0 aliphatic rings. The Bertz CT molecular complexity index is 268. The lowest BCUT2D eigenvalue weighted by atomic mass is 10.2. The SMILES string of the molecule is C=C(NC)c1ccccc1Cl. The molecule has 1 N–H and O–H groups in total. The minimum absolute atomic E-state index is 0.729. The first kappa shape index (κ1) is 8.15. The molecule has 0 amide bonds. The zero-order valence-electron chi connectivity index (χ0n) is 6.39. The molecule has 1 rings (SSSR count). The van der Waals surface area contributed by atoms with Crippen LogP contribution in [0, 0.1) is 0 Å². The molecule has 1 aromatic rings. The van der Waals surface area contributed by atoms with Crippen LogP contribution in [0.5, 0.6) is 0 Å². The molecule has 2 heteroatoms. The van der Waals surface area contributed by atoms with Gasteiger partial charge in [0.25, 0.3) is 0 Å². The molecule has 0 aliphatic heterocycles. The molecule has 0 saturated carbocycles. The molecule has 1 aromatic carbocycles. The molecule has 0 aliphatic carbocycles. The van der Waals surface area contributed by atoms with E-state index in [-0.39, 0.29) is 0 Å². The molecule has 0 heterocycles. The zero-order chi connectivity index (χ0) is 8.27. The van der Waals surface area contributed by atoms with Gasteiger partial charge >= 0.3 is 0 Å². The van der Waals surface area contributed by atoms with Crippen molar-refractivity contribution in [3.8, 4) is 0 Å². The third kappa shape index (κ3) is 1.75. The lowest BCUT2D eigenvalue weighted by molar-refractivity contribution is 1.13. The third-order valence-corrected chi connectivity index (χ3v) is 1.83. The van der Waals surface area contributed by atoms with E-state index in [1.54, 1.807) is 0 Å². The zero-order valence-corrected chi connectivity index (χ0v) is 7.15. The highest BCUT2D eigenvalue weighted by Crippen LogP contribution is 2.19. The molecule has 0 saturated heterocycles. The van der Waals surface area contributed by atoms with Gasteiger partial charge in [0.05, 0.1) is 0 Å². The highest BCUT2D eigenvalue weighted by molar-refractivity contribution is 6.32. The molecule has 0 spiro atoms. The normalized spacial score (nSPS) is 9.27. The Morgan fingerprint density at radius 1 is 1.45 bits per heavy atom. The van der Waals surface area contributed by atoms with Crippen LogP contribution in [0.25, 0.3) is 5.70 Å². The summed E-state index contributed by atoms with van der Waals surface area (Å²) in [6.45, 7) is 3.81. The van der Waals surface area contributed by atoms with Crippen LogP contribution in [-0.2, 0) is 0 Å². The van der Waals surface area contributed by atoms with Gasteiger partial charge in [0.15, 0.2) is 0 Å². The minimum atomic E-state index is 0.729. The van der Waals surface area contributed by atoms with Crippen LogP contribution in [0.3, 0.4) is 0 Å². The molecule has 11 heavy (non-hydrogen) atoms. The molecular weight excluding hydrogens is 158 g/mol. The summed E-state index contributed by atoms with van der Waals surface area (Å²) in [6, 6.07) is 7.61. The lowest BCUT2D eigenvalue weighted by Crippen LogP contribution is -2.02. The molecule has 58 valence electrons. The van der Waals surface area contributed by atoms with Gasteiger partial charge in [-0.25, -0.2) is 0 Å². The van der Waals surface area contributed by atoms with Crippen molar-refractivity contribution in [2.75, 3.05) is 7.05 Å². The molecule has 0 unspecified atom stereocenters. The van der Waals surface area contributed by atoms with Crippen molar-refractivity contribution in [3.05, 3.63) is 41.4 Å². The average molecular weight is 168 g/mol. The summed E-state index contributed by atoms with van der Waals surface area (Å²) in [5.74, 6) is 0. The molecular formula is C9H10ClN. The molecule has 0 radical (unpaired) electrons. The maximum absolute atomic E-state index is 5.90. The van der Waals surface area contributed by atoms with Crippen molar-refractivity contribution in [3.63, 3.8) is 0 Å². The second kappa shape index (κ2) is 3.44. The van der Waals surface area contributed by atoms with Crippen LogP contribution in [-0.4, -0.2) is 7.05 Å². The van der Waals surface area contributed by atoms with Crippen molar-refractivity contribution >= 4 is 17.3 Å². The molecule has 0 aromatic heterocycles. The smallest absolute Gasteiger partial charge is 0.0498 e. The number of hydrogen-bond donors (Lipinski definition) is 1. The van der Waals surface area contributed by atoms with Crippen LogP contribution >= 0.6 is 11.6 Å². The van der Waals surface area contributed by atoms with Gasteiger partial charge < -0.3 is 5.32 Å². The molecule has 0 atom stereocenters. The van der Waals surface area contributed by atoms with Gasteiger partial charge in [-0.1, -0.05) is 36.4 Å². The molecule has 0 fully saturated rings. The van der Waals surface area contributed by atoms with E-state index in [0.29, 0.717) is 0 Å². The van der Waals surface area contributed by atoms with E-state index in [4.69, 9.17) is 11.6 Å². The van der Waals surface area contributed by atoms with Crippen molar-refractivity contribution in [2.24, 2.45) is 0 Å². The lowest BCUT2D eigenvalue weighted by Gasteiger charge is -2.05. The number of nitrogens with one attached hydrogen (secondary N) is 1. The van der Waals surface area contributed by atoms with E-state index >= 15 is 0 Å². The van der Waals surface area contributed by atoms with E-state index < -0.39 is 0 Å². The summed E-state index contributed by atoms with van der Waals surface area (Å²) < 4.78 is 0. The Labute approximate surface area is 71.7 Å². The molecule has 0 bridgehead atoms. The monoisotopic (exact) mass is 167 g/mol. The van der Waals surface area contributed by atoms with Crippen LogP contribution in [0.2, 0.25) is 5.02 Å². The summed E-state index contributed by atoms with van der Waals surface area (Å²) in [5, 5.41) is 3.67. The number of benzene rings is 1. The van der Waals surface area contributed by atoms with Crippen molar-refractivity contribution in [2.45, 2.75) is 0 Å². The van der Waals surface area contributed by atoms with Crippen molar-refractivity contribution in [1.29, 1.82) is 0 Å². The van der Waals surface area contributed by atoms with Gasteiger partial charge in [0.2, 0.25) is 0 Å². The van der Waals surface area contributed by atoms with Crippen LogP contribution in [0.4, 0.5) is 0 Å². The Balaban J connectivity index is 3.03. The summed E-state index contributed by atoms with van der Waals surface area (Å²) in [4.78, 5) is 0. The Morgan fingerprint density at radius 3 is 2.64 bits per heavy atom. The van der Waals surface area contributed by atoms with E-state index in [1.807, 2.05) is 31.3 Å². The average Bonchev–Trinajstić information content (AvgIpc) is 2.04. The first-order valence-corrected chi connectivity index (χ1v) is 3.75. The van der Waals surface area contributed by atoms with Gasteiger partial charge in [0.1, 0.15) is 0 Å². The van der Waals surface area contributed by atoms with Gasteiger partial charge in [-0.2, -0.15) is 0 Å². The first-order chi connectivity index (χ1) is 5.25. The minimum Gasteiger partial charge on any atom is -0.388 e. The Kier molecular flexibility index (Phi) is 2.55. The summed E-state index contributed by atoms with van der Waals surface area (Å²) in [5.41, 5.74) is 1.80. The Morgan fingerprint density at radius 2 is 2.09 bits per heavy atom. The first-order valence-electron chi connectivity index (χ1n) is 3.37. The number of rotatable bonds is 2. The van der Waals surface area contributed by atoms with E-state index in [1.165, 1.54) is 0 Å². The standard InChI is InChI=1S/C9H10ClN/c1-7(11-2)8-5-3-4-6-9(8)10/h3-6,11H,1H2,2H3. The predicted molar refractivity (Wildman–Crippen MR) is 49.5 cm³/mol. The van der Waals surface area contributed by atoms with Crippen molar-refractivity contribution < 1.29 is 0 Å². The van der Waals surface area contributed by atoms with Gasteiger partial charge in [0, 0.05) is 23.3 Å². The van der Waals surface area contributed by atoms with Gasteiger partial charge in [-0.3, -0.25) is 0 Å². The number of hydrogen-bond acceptors (Lipinski definition) is 1. The van der Waals surface area contributed by atoms with Crippen LogP contribution in [0.15, 0.2) is 30.8 Å². The van der Waals surface area contributed by atoms with E-state index in [2.05, 4.69) is 11.9 Å². The number of halogens is 1. The summed E-state index contributed by atoms with van der Waals surface area (Å²) in [7, 11) is 1.83. The second-order valence-corrected chi connectivity index (χ2v) is 2.62. The van der Waals surface area contributed by atoms with Crippen LogP contribution < -0.4 is 5.32 Å². The maximum Gasteiger partial charge on any atom is 0.0498 e. The molecule has 1 nitrogen and oxygen atoms in total. The largest absolute Gasteiger partial charge is 0.388 e. The van der Waals surface area contributed by atoms with Gasteiger partial charge in [-0.15, -0.1) is 0 Å². The fourth-order valence-electron chi connectivity index (χ4n) is 0.841. The van der Waals surface area contributed by atoms with Crippen molar-refractivity contribution in [1.82, 2.24) is 5.32 Å². The van der Waals surface area contributed by atoms with Gasteiger partial charge in [-0.05, 0) is 6.07 Å². The topological polar surface area (TPSA) is 12.0 Å². The maximum atomic E-state index is 5.90. The fraction of sp³-hybridized carbons (Fsp3) is 0.111. The fourth-order valence-corrected chi connectivity index (χ4v) is 1.09.